The molecule has 0 aromatic rings. The summed E-state index contributed by atoms with van der Waals surface area (Å²) in [6.45, 7) is 22.3. The van der Waals surface area contributed by atoms with Crippen molar-refractivity contribution in [2.75, 3.05) is 0 Å². The fourth-order valence-electron chi connectivity index (χ4n) is 2.38. The van der Waals surface area contributed by atoms with Crippen molar-refractivity contribution in [1.29, 1.82) is 0 Å². The van der Waals surface area contributed by atoms with Gasteiger partial charge in [-0.3, -0.25) is 0 Å². The van der Waals surface area contributed by atoms with Gasteiger partial charge in [0.05, 0.1) is 0 Å². The molecule has 0 spiro atoms. The summed E-state index contributed by atoms with van der Waals surface area (Å²) in [4.78, 5) is 3.99. The van der Waals surface area contributed by atoms with Gasteiger partial charge in [0.25, 0.3) is 0 Å². The third-order valence-corrected chi connectivity index (χ3v) is 4.56. The van der Waals surface area contributed by atoms with Crippen molar-refractivity contribution < 1.29 is 4.39 Å². The first-order chi connectivity index (χ1) is 10.2. The number of hydrogen-bond acceptors (Lipinski definition) is 1. The normalized spacial score (nSPS) is 16.8. The second kappa shape index (κ2) is 9.55. The average molecular weight is 305 g/mol. The van der Waals surface area contributed by atoms with Crippen molar-refractivity contribution in [2.24, 2.45) is 16.3 Å². The van der Waals surface area contributed by atoms with Gasteiger partial charge in [-0.25, -0.2) is 4.99 Å². The summed E-state index contributed by atoms with van der Waals surface area (Å²) in [6.07, 6.45) is 6.84. The molecule has 0 aromatic heterocycles. The molecule has 0 heterocycles. The lowest BCUT2D eigenvalue weighted by atomic mass is 9.71. The molecule has 0 fully saturated rings. The molecule has 0 N–H and O–H groups in total. The summed E-state index contributed by atoms with van der Waals surface area (Å²) in [7, 11) is 0. The van der Waals surface area contributed by atoms with Gasteiger partial charge in [0.15, 0.2) is 0 Å². The summed E-state index contributed by atoms with van der Waals surface area (Å²) in [5, 5.41) is 0. The maximum Gasteiger partial charge on any atom is 0.212 e. The highest BCUT2D eigenvalue weighted by Gasteiger charge is 2.29. The number of halogens is 1. The maximum atomic E-state index is 13.4. The molecule has 124 valence electrons. The van der Waals surface area contributed by atoms with Crippen molar-refractivity contribution in [1.82, 2.24) is 0 Å². The molecule has 2 atom stereocenters. The molecule has 22 heavy (non-hydrogen) atoms. The van der Waals surface area contributed by atoms with Gasteiger partial charge in [0.2, 0.25) is 5.95 Å². The topological polar surface area (TPSA) is 12.4 Å². The van der Waals surface area contributed by atoms with E-state index in [1.54, 1.807) is 0 Å². The zero-order valence-corrected chi connectivity index (χ0v) is 15.0. The Balaban J connectivity index is 5.04. The van der Waals surface area contributed by atoms with Gasteiger partial charge in [0.1, 0.15) is 0 Å². The highest BCUT2D eigenvalue weighted by molar-refractivity contribution is 5.85. The lowest BCUT2D eigenvalue weighted by Gasteiger charge is -2.34. The van der Waals surface area contributed by atoms with Gasteiger partial charge in [-0.1, -0.05) is 70.6 Å². The van der Waals surface area contributed by atoms with Crippen LogP contribution in [-0.4, -0.2) is 5.71 Å². The maximum absolute atomic E-state index is 13.4. The van der Waals surface area contributed by atoms with Crippen LogP contribution in [0.25, 0.3) is 0 Å². The third kappa shape index (κ3) is 6.13. The van der Waals surface area contributed by atoms with E-state index in [2.05, 4.69) is 52.4 Å². The lowest BCUT2D eigenvalue weighted by Crippen LogP contribution is -2.23. The second-order valence-electron chi connectivity index (χ2n) is 6.40. The van der Waals surface area contributed by atoms with E-state index in [9.17, 15) is 4.39 Å². The molecule has 1 nitrogen and oxygen atoms in total. The summed E-state index contributed by atoms with van der Waals surface area (Å²) in [5.41, 5.74) is 3.02. The van der Waals surface area contributed by atoms with Gasteiger partial charge < -0.3 is 0 Å². The smallest absolute Gasteiger partial charge is 0.212 e. The SMILES string of the molecule is C=C/C=C(F)\N=C(\C)C(C)CC(=C)C(C)(CCCC)C(=C)C. The molecule has 0 radical (unpaired) electrons. The molecule has 0 aliphatic carbocycles. The number of hydrogen-bond donors (Lipinski definition) is 0. The van der Waals surface area contributed by atoms with Gasteiger partial charge in [-0.05, 0) is 38.7 Å². The first-order valence-electron chi connectivity index (χ1n) is 8.06. The van der Waals surface area contributed by atoms with Crippen LogP contribution < -0.4 is 0 Å². The molecule has 0 aliphatic heterocycles. The van der Waals surface area contributed by atoms with E-state index >= 15 is 0 Å². The van der Waals surface area contributed by atoms with Gasteiger partial charge in [-0.2, -0.15) is 4.39 Å². The predicted octanol–water partition coefficient (Wildman–Crippen LogP) is 6.80. The van der Waals surface area contributed by atoms with Crippen LogP contribution in [0.4, 0.5) is 4.39 Å². The lowest BCUT2D eigenvalue weighted by molar-refractivity contribution is 0.401. The molecule has 0 saturated carbocycles. The van der Waals surface area contributed by atoms with Crippen molar-refractivity contribution in [3.05, 3.63) is 49.0 Å². The molecule has 0 rings (SSSR count). The van der Waals surface area contributed by atoms with E-state index in [1.807, 2.05) is 6.92 Å². The Kier molecular flexibility index (Phi) is 8.93. The van der Waals surface area contributed by atoms with E-state index in [0.29, 0.717) is 0 Å². The Labute approximate surface area is 136 Å². The van der Waals surface area contributed by atoms with Crippen molar-refractivity contribution in [3.63, 3.8) is 0 Å². The molecular formula is C20H32FN. The summed E-state index contributed by atoms with van der Waals surface area (Å²) >= 11 is 0. The average Bonchev–Trinajstić information content (AvgIpc) is 2.44. The molecular weight excluding hydrogens is 273 g/mol. The van der Waals surface area contributed by atoms with Crippen LogP contribution in [0.2, 0.25) is 0 Å². The zero-order chi connectivity index (χ0) is 17.3. The molecule has 0 aliphatic rings. The van der Waals surface area contributed by atoms with E-state index in [1.165, 1.54) is 12.2 Å². The Morgan fingerprint density at radius 3 is 2.36 bits per heavy atom. The fraction of sp³-hybridized carbons (Fsp3) is 0.550. The summed E-state index contributed by atoms with van der Waals surface area (Å²) in [5.74, 6) is -0.352. The third-order valence-electron chi connectivity index (χ3n) is 4.56. The standard InChI is InChI=1S/C20H32FN/c1-9-11-13-20(8,15(3)4)17(6)14-16(5)18(7)22-19(21)12-10-2/h10,12,16H,2-3,6,9,11,13-14H2,1,4-5,7-8H3/b19-12-,22-18-. The van der Waals surface area contributed by atoms with Crippen LogP contribution in [0.3, 0.4) is 0 Å². The minimum Gasteiger partial charge on any atom is -0.229 e. The minimum atomic E-state index is -0.501. The molecule has 0 saturated heterocycles. The number of nitrogens with zero attached hydrogens (tertiary/aromatic N) is 1. The van der Waals surface area contributed by atoms with Crippen molar-refractivity contribution >= 4 is 5.71 Å². The Morgan fingerprint density at radius 1 is 1.32 bits per heavy atom. The molecule has 0 amide bonds. The summed E-state index contributed by atoms with van der Waals surface area (Å²) < 4.78 is 13.4. The van der Waals surface area contributed by atoms with E-state index < -0.39 is 5.95 Å². The number of unbranched alkanes of at least 4 members (excludes halogenated alkanes) is 1. The van der Waals surface area contributed by atoms with Gasteiger partial charge in [-0.15, -0.1) is 0 Å². The van der Waals surface area contributed by atoms with Crippen LogP contribution >= 0.6 is 0 Å². The monoisotopic (exact) mass is 305 g/mol. The van der Waals surface area contributed by atoms with Gasteiger partial charge >= 0.3 is 0 Å². The van der Waals surface area contributed by atoms with E-state index in [0.717, 1.165) is 42.5 Å². The Hall–Kier alpha value is -1.44. The van der Waals surface area contributed by atoms with Crippen LogP contribution in [0.1, 0.15) is 60.3 Å². The summed E-state index contributed by atoms with van der Waals surface area (Å²) in [6, 6.07) is 0. The number of aliphatic imine (C=N–C) groups is 1. The second-order valence-corrected chi connectivity index (χ2v) is 6.40. The molecule has 0 aromatic carbocycles. The predicted molar refractivity (Wildman–Crippen MR) is 97.9 cm³/mol. The Bertz CT molecular complexity index is 470. The van der Waals surface area contributed by atoms with Crippen LogP contribution in [0.5, 0.6) is 0 Å². The van der Waals surface area contributed by atoms with Gasteiger partial charge in [0, 0.05) is 11.1 Å². The van der Waals surface area contributed by atoms with E-state index in [4.69, 9.17) is 0 Å². The largest absolute Gasteiger partial charge is 0.229 e. The highest BCUT2D eigenvalue weighted by atomic mass is 19.1. The number of rotatable bonds is 10. The van der Waals surface area contributed by atoms with E-state index in [-0.39, 0.29) is 11.3 Å². The quantitative estimate of drug-likeness (QED) is 0.182. The molecule has 2 heteroatoms. The number of allylic oxidation sites excluding steroid dienone is 4. The Morgan fingerprint density at radius 2 is 1.91 bits per heavy atom. The minimum absolute atomic E-state index is 0.0555. The zero-order valence-electron chi connectivity index (χ0n) is 15.0. The first kappa shape index (κ1) is 20.6. The first-order valence-corrected chi connectivity index (χ1v) is 8.06. The van der Waals surface area contributed by atoms with Crippen LogP contribution in [0.15, 0.2) is 54.0 Å². The van der Waals surface area contributed by atoms with Crippen molar-refractivity contribution in [2.45, 2.75) is 60.3 Å². The van der Waals surface area contributed by atoms with Crippen LogP contribution in [-0.2, 0) is 0 Å². The fourth-order valence-corrected chi connectivity index (χ4v) is 2.38. The highest BCUT2D eigenvalue weighted by Crippen LogP contribution is 2.41. The molecule has 2 unspecified atom stereocenters. The molecule has 0 bridgehead atoms. The van der Waals surface area contributed by atoms with Crippen molar-refractivity contribution in [3.8, 4) is 0 Å². The van der Waals surface area contributed by atoms with Crippen LogP contribution in [0, 0.1) is 11.3 Å².